The van der Waals surface area contributed by atoms with Crippen LogP contribution in [0.2, 0.25) is 0 Å². The van der Waals surface area contributed by atoms with Gasteiger partial charge in [0.05, 0.1) is 25.5 Å². The van der Waals surface area contributed by atoms with E-state index in [2.05, 4.69) is 15.5 Å². The number of nitrogens with zero attached hydrogens (tertiary/aromatic N) is 1. The number of alkyl carbamates (subject to hydrolysis) is 1. The number of nitrogens with one attached hydrogen (secondary N) is 2. The highest BCUT2D eigenvalue weighted by Crippen LogP contribution is 2.32. The molecule has 0 aliphatic carbocycles. The van der Waals surface area contributed by atoms with Gasteiger partial charge in [0.25, 0.3) is 0 Å². The first-order valence-corrected chi connectivity index (χ1v) is 11.9. The number of ether oxygens (including phenoxy) is 3. The Morgan fingerprint density at radius 2 is 1.83 bits per heavy atom. The maximum Gasteiger partial charge on any atom is 0.407 e. The summed E-state index contributed by atoms with van der Waals surface area (Å²) in [6.07, 6.45) is 0.992. The lowest BCUT2D eigenvalue weighted by molar-refractivity contribution is 0.0358. The number of nitrogen functional groups attached to an aromatic ring is 1. The zero-order valence-corrected chi connectivity index (χ0v) is 20.0. The topological polar surface area (TPSA) is 141 Å². The van der Waals surface area contributed by atoms with Gasteiger partial charge in [0.2, 0.25) is 5.91 Å². The van der Waals surface area contributed by atoms with Crippen LogP contribution in [0.1, 0.15) is 28.8 Å². The average Bonchev–Trinajstić information content (AvgIpc) is 2.87. The quantitative estimate of drug-likeness (QED) is 0.250. The second-order valence-corrected chi connectivity index (χ2v) is 8.23. The number of nitrogens with two attached hydrogens (primary N) is 2. The van der Waals surface area contributed by atoms with E-state index in [0.29, 0.717) is 48.8 Å². The number of primary amides is 1. The number of hydrogen-bond donors (Lipinski definition) is 4. The molecule has 0 saturated carbocycles. The Morgan fingerprint density at radius 3 is 2.57 bits per heavy atom. The number of carbonyl (C=O) groups is 2. The van der Waals surface area contributed by atoms with Gasteiger partial charge in [0.1, 0.15) is 18.0 Å². The van der Waals surface area contributed by atoms with Gasteiger partial charge in [-0.1, -0.05) is 30.3 Å². The molecule has 10 nitrogen and oxygen atoms in total. The fourth-order valence-electron chi connectivity index (χ4n) is 3.64. The molecule has 2 aromatic rings. The summed E-state index contributed by atoms with van der Waals surface area (Å²) in [5.41, 5.74) is 13.8. The lowest BCUT2D eigenvalue weighted by atomic mass is 10.1. The lowest BCUT2D eigenvalue weighted by Gasteiger charge is -2.26. The minimum absolute atomic E-state index is 0.222. The minimum atomic E-state index is -0.570. The number of carbonyl (C=O) groups excluding carboxylic acids is 2. The summed E-state index contributed by atoms with van der Waals surface area (Å²) in [5.74, 6) is -0.0874. The maximum atomic E-state index is 11.9. The molecule has 2 amide bonds. The zero-order valence-electron chi connectivity index (χ0n) is 20.0. The van der Waals surface area contributed by atoms with Gasteiger partial charge in [-0.2, -0.15) is 0 Å². The fourth-order valence-corrected chi connectivity index (χ4v) is 3.64. The second-order valence-electron chi connectivity index (χ2n) is 8.23. The summed E-state index contributed by atoms with van der Waals surface area (Å²) in [4.78, 5) is 25.9. The normalized spacial score (nSPS) is 13.7. The van der Waals surface area contributed by atoms with E-state index in [9.17, 15) is 9.59 Å². The molecule has 0 bridgehead atoms. The molecule has 0 spiro atoms. The highest BCUT2D eigenvalue weighted by atomic mass is 16.5. The van der Waals surface area contributed by atoms with Gasteiger partial charge in [0.15, 0.2) is 0 Å². The van der Waals surface area contributed by atoms with Crippen molar-refractivity contribution in [2.24, 2.45) is 5.73 Å². The fraction of sp³-hybridized carbons (Fsp3) is 0.440. The van der Waals surface area contributed by atoms with E-state index < -0.39 is 12.0 Å². The van der Waals surface area contributed by atoms with E-state index in [-0.39, 0.29) is 6.61 Å². The van der Waals surface area contributed by atoms with Gasteiger partial charge < -0.3 is 36.3 Å². The van der Waals surface area contributed by atoms with Crippen molar-refractivity contribution in [3.05, 3.63) is 53.6 Å². The van der Waals surface area contributed by atoms with Crippen LogP contribution in [0.4, 0.5) is 16.2 Å². The number of benzene rings is 2. The Morgan fingerprint density at radius 1 is 1.06 bits per heavy atom. The largest absolute Gasteiger partial charge is 0.491 e. The van der Waals surface area contributed by atoms with Gasteiger partial charge in [0, 0.05) is 38.3 Å². The Bertz CT molecular complexity index is 951. The van der Waals surface area contributed by atoms with Crippen molar-refractivity contribution in [1.82, 2.24) is 10.2 Å². The monoisotopic (exact) mass is 485 g/mol. The van der Waals surface area contributed by atoms with Gasteiger partial charge in [-0.3, -0.25) is 9.69 Å². The molecule has 1 aliphatic heterocycles. The smallest absolute Gasteiger partial charge is 0.407 e. The van der Waals surface area contributed by atoms with Gasteiger partial charge in [-0.25, -0.2) is 4.79 Å². The van der Waals surface area contributed by atoms with Crippen LogP contribution in [-0.2, 0) is 16.1 Å². The maximum absolute atomic E-state index is 11.9. The Balaban J connectivity index is 1.43. The van der Waals surface area contributed by atoms with Crippen LogP contribution in [0.25, 0.3) is 0 Å². The summed E-state index contributed by atoms with van der Waals surface area (Å²) in [5, 5.41) is 5.98. The molecule has 3 rings (SSSR count). The summed E-state index contributed by atoms with van der Waals surface area (Å²) < 4.78 is 16.5. The van der Waals surface area contributed by atoms with Gasteiger partial charge in [-0.15, -0.1) is 0 Å². The third-order valence-electron chi connectivity index (χ3n) is 5.53. The summed E-state index contributed by atoms with van der Waals surface area (Å²) in [6, 6.07) is 12.6. The first-order valence-electron chi connectivity index (χ1n) is 11.9. The van der Waals surface area contributed by atoms with Crippen molar-refractivity contribution < 1.29 is 23.8 Å². The van der Waals surface area contributed by atoms with Crippen LogP contribution >= 0.6 is 0 Å². The molecule has 1 saturated heterocycles. The Hall–Kier alpha value is -3.50. The van der Waals surface area contributed by atoms with Crippen molar-refractivity contribution in [1.29, 1.82) is 0 Å². The molecule has 10 heteroatoms. The van der Waals surface area contributed by atoms with E-state index in [0.717, 1.165) is 44.8 Å². The van der Waals surface area contributed by atoms with Crippen molar-refractivity contribution >= 4 is 23.4 Å². The zero-order chi connectivity index (χ0) is 24.9. The highest BCUT2D eigenvalue weighted by molar-refractivity contribution is 5.96. The van der Waals surface area contributed by atoms with Crippen LogP contribution in [0.5, 0.6) is 5.75 Å². The average molecular weight is 486 g/mol. The summed E-state index contributed by atoms with van der Waals surface area (Å²) in [6.45, 7) is 5.91. The highest BCUT2D eigenvalue weighted by Gasteiger charge is 2.14. The van der Waals surface area contributed by atoms with Crippen molar-refractivity contribution in [3.63, 3.8) is 0 Å². The molecule has 0 unspecified atom stereocenters. The van der Waals surface area contributed by atoms with E-state index in [4.69, 9.17) is 25.7 Å². The molecule has 2 aromatic carbocycles. The van der Waals surface area contributed by atoms with Crippen LogP contribution < -0.4 is 26.8 Å². The Kier molecular flexibility index (Phi) is 10.5. The van der Waals surface area contributed by atoms with Crippen LogP contribution in [0, 0.1) is 0 Å². The molecule has 190 valence electrons. The number of amides is 2. The Labute approximate surface area is 205 Å². The van der Waals surface area contributed by atoms with Crippen molar-refractivity contribution in [3.8, 4) is 5.75 Å². The molecule has 35 heavy (non-hydrogen) atoms. The summed E-state index contributed by atoms with van der Waals surface area (Å²) in [7, 11) is 0. The molecule has 0 aromatic heterocycles. The van der Waals surface area contributed by atoms with Crippen LogP contribution in [0.15, 0.2) is 42.5 Å². The molecule has 0 atom stereocenters. The predicted molar refractivity (Wildman–Crippen MR) is 134 cm³/mol. The van der Waals surface area contributed by atoms with E-state index in [1.807, 2.05) is 30.3 Å². The molecular weight excluding hydrogens is 450 g/mol. The van der Waals surface area contributed by atoms with E-state index in [1.54, 1.807) is 6.07 Å². The predicted octanol–water partition coefficient (Wildman–Crippen LogP) is 2.20. The lowest BCUT2D eigenvalue weighted by Crippen LogP contribution is -2.37. The number of morpholine rings is 1. The second kappa shape index (κ2) is 14.0. The number of rotatable bonds is 13. The molecule has 6 N–H and O–H groups in total. The van der Waals surface area contributed by atoms with Gasteiger partial charge >= 0.3 is 6.09 Å². The first kappa shape index (κ1) is 26.1. The first-order chi connectivity index (χ1) is 17.0. The molecular formula is C25H35N5O5. The summed E-state index contributed by atoms with van der Waals surface area (Å²) >= 11 is 0. The molecule has 0 radical (unpaired) electrons. The van der Waals surface area contributed by atoms with Crippen molar-refractivity contribution in [2.45, 2.75) is 19.4 Å². The van der Waals surface area contributed by atoms with Crippen molar-refractivity contribution in [2.75, 3.05) is 63.6 Å². The third kappa shape index (κ3) is 8.99. The molecule has 1 heterocycles. The van der Waals surface area contributed by atoms with E-state index >= 15 is 0 Å². The SMILES string of the molecule is NC(=O)c1cc(N)c(NCCCNC(=O)OCc2ccccc2)c(OCCCN2CCOCC2)c1. The standard InChI is InChI=1S/C25H35N5O5/c26-21-16-20(24(27)31)17-22(34-13-5-10-30-11-14-33-15-12-30)23(21)28-8-4-9-29-25(32)35-18-19-6-2-1-3-7-19/h1-3,6-7,16-17,28H,4-5,8-15,18,26H2,(H2,27,31)(H,29,32). The number of hydrogen-bond acceptors (Lipinski definition) is 8. The van der Waals surface area contributed by atoms with E-state index in [1.165, 1.54) is 6.07 Å². The number of anilines is 2. The molecule has 1 aliphatic rings. The third-order valence-corrected chi connectivity index (χ3v) is 5.53. The molecule has 1 fully saturated rings. The van der Waals surface area contributed by atoms with Gasteiger partial charge in [-0.05, 0) is 30.5 Å². The van der Waals surface area contributed by atoms with Crippen LogP contribution in [0.3, 0.4) is 0 Å². The van der Waals surface area contributed by atoms with Crippen LogP contribution in [-0.4, -0.2) is 69.4 Å². The minimum Gasteiger partial charge on any atom is -0.491 e.